The van der Waals surface area contributed by atoms with Crippen LogP contribution in [0.2, 0.25) is 0 Å². The number of nitrogens with zero attached hydrogens (tertiary/aromatic N) is 2. The maximum atomic E-state index is 12.8. The van der Waals surface area contributed by atoms with Gasteiger partial charge in [-0.3, -0.25) is 4.79 Å². The Morgan fingerprint density at radius 3 is 2.54 bits per heavy atom. The molecule has 0 atom stereocenters. The molecule has 0 aliphatic heterocycles. The Bertz CT molecular complexity index is 808. The predicted molar refractivity (Wildman–Crippen MR) is 95.4 cm³/mol. The normalized spacial score (nSPS) is 10.4. The summed E-state index contributed by atoms with van der Waals surface area (Å²) in [6.45, 7) is 0. The molecule has 3 aromatic rings. The molecule has 1 amide bonds. The smallest absolute Gasteiger partial charge is 0.234 e. The summed E-state index contributed by atoms with van der Waals surface area (Å²) in [6, 6.07) is 15.3. The van der Waals surface area contributed by atoms with E-state index in [1.807, 2.05) is 30.3 Å². The van der Waals surface area contributed by atoms with Crippen molar-refractivity contribution < 1.29 is 9.18 Å². The van der Waals surface area contributed by atoms with Gasteiger partial charge in [-0.1, -0.05) is 41.3 Å². The molecule has 5 nitrogen and oxygen atoms in total. The molecule has 0 spiro atoms. The number of amides is 1. The number of aromatic nitrogens is 2. The van der Waals surface area contributed by atoms with Crippen LogP contribution in [-0.4, -0.2) is 21.9 Å². The average Bonchev–Trinajstić information content (AvgIpc) is 3.03. The van der Waals surface area contributed by atoms with Crippen molar-refractivity contribution >= 4 is 45.5 Å². The highest BCUT2D eigenvalue weighted by Gasteiger charge is 2.09. The maximum Gasteiger partial charge on any atom is 0.234 e. The zero-order chi connectivity index (χ0) is 16.8. The Kier molecular flexibility index (Phi) is 5.39. The SMILES string of the molecule is O=C(CSc1nnc(Nc2ccccc2)s1)Nc1ccc(F)cc1. The summed E-state index contributed by atoms with van der Waals surface area (Å²) in [6.07, 6.45) is 0. The standard InChI is InChI=1S/C16H13FN4OS2/c17-11-6-8-13(9-7-11)18-14(22)10-23-16-21-20-15(24-16)19-12-4-2-1-3-5-12/h1-9H,10H2,(H,18,22)(H,19,20). The van der Waals surface area contributed by atoms with Crippen molar-refractivity contribution in [2.45, 2.75) is 4.34 Å². The van der Waals surface area contributed by atoms with Gasteiger partial charge in [0.25, 0.3) is 0 Å². The number of hydrogen-bond acceptors (Lipinski definition) is 6. The van der Waals surface area contributed by atoms with Crippen molar-refractivity contribution in [2.24, 2.45) is 0 Å². The van der Waals surface area contributed by atoms with E-state index in [0.717, 1.165) is 5.69 Å². The first-order valence-corrected chi connectivity index (χ1v) is 8.83. The molecule has 8 heteroatoms. The lowest BCUT2D eigenvalue weighted by atomic mass is 10.3. The lowest BCUT2D eigenvalue weighted by Crippen LogP contribution is -2.13. The van der Waals surface area contributed by atoms with E-state index < -0.39 is 0 Å². The minimum absolute atomic E-state index is 0.181. The molecule has 2 aromatic carbocycles. The summed E-state index contributed by atoms with van der Waals surface area (Å²) in [5.74, 6) is -0.314. The van der Waals surface area contributed by atoms with Gasteiger partial charge >= 0.3 is 0 Å². The van der Waals surface area contributed by atoms with Gasteiger partial charge in [-0.15, -0.1) is 10.2 Å². The first-order chi connectivity index (χ1) is 11.7. The van der Waals surface area contributed by atoms with Gasteiger partial charge in [-0.2, -0.15) is 0 Å². The van der Waals surface area contributed by atoms with Gasteiger partial charge in [0, 0.05) is 11.4 Å². The number of thioether (sulfide) groups is 1. The molecule has 0 saturated heterocycles. The van der Waals surface area contributed by atoms with Crippen LogP contribution in [0.3, 0.4) is 0 Å². The van der Waals surface area contributed by atoms with Crippen LogP contribution in [0.5, 0.6) is 0 Å². The van der Waals surface area contributed by atoms with Gasteiger partial charge in [0.05, 0.1) is 5.75 Å². The third-order valence-electron chi connectivity index (χ3n) is 2.89. The fourth-order valence-electron chi connectivity index (χ4n) is 1.82. The van der Waals surface area contributed by atoms with Crippen LogP contribution in [-0.2, 0) is 4.79 Å². The van der Waals surface area contributed by atoms with Crippen LogP contribution in [0.25, 0.3) is 0 Å². The van der Waals surface area contributed by atoms with Crippen LogP contribution in [0.15, 0.2) is 58.9 Å². The molecular formula is C16H13FN4OS2. The van der Waals surface area contributed by atoms with E-state index in [1.165, 1.54) is 47.4 Å². The highest BCUT2D eigenvalue weighted by Crippen LogP contribution is 2.27. The van der Waals surface area contributed by atoms with E-state index >= 15 is 0 Å². The van der Waals surface area contributed by atoms with Crippen molar-refractivity contribution in [1.82, 2.24) is 10.2 Å². The second-order valence-corrected chi connectivity index (χ2v) is 6.91. The van der Waals surface area contributed by atoms with E-state index in [0.29, 0.717) is 15.2 Å². The largest absolute Gasteiger partial charge is 0.330 e. The molecule has 0 aliphatic rings. The van der Waals surface area contributed by atoms with Gasteiger partial charge in [-0.05, 0) is 36.4 Å². The number of anilines is 3. The fraction of sp³-hybridized carbons (Fsp3) is 0.0625. The molecule has 0 unspecified atom stereocenters. The van der Waals surface area contributed by atoms with Crippen LogP contribution >= 0.6 is 23.1 Å². The summed E-state index contributed by atoms with van der Waals surface area (Å²) in [4.78, 5) is 11.9. The van der Waals surface area contributed by atoms with Crippen LogP contribution in [0, 0.1) is 5.82 Å². The number of rotatable bonds is 6. The third kappa shape index (κ3) is 4.77. The lowest BCUT2D eigenvalue weighted by Gasteiger charge is -2.03. The van der Waals surface area contributed by atoms with Crippen LogP contribution in [0.1, 0.15) is 0 Å². The van der Waals surface area contributed by atoms with Gasteiger partial charge in [-0.25, -0.2) is 4.39 Å². The van der Waals surface area contributed by atoms with E-state index in [9.17, 15) is 9.18 Å². The monoisotopic (exact) mass is 360 g/mol. The molecule has 0 aliphatic carbocycles. The molecule has 24 heavy (non-hydrogen) atoms. The molecule has 0 radical (unpaired) electrons. The number of hydrogen-bond donors (Lipinski definition) is 2. The minimum atomic E-state index is -0.338. The molecule has 3 rings (SSSR count). The Labute approximate surface area is 146 Å². The van der Waals surface area contributed by atoms with E-state index in [1.54, 1.807) is 0 Å². The molecule has 0 bridgehead atoms. The number of para-hydroxylation sites is 1. The van der Waals surface area contributed by atoms with Gasteiger partial charge < -0.3 is 10.6 Å². The number of carbonyl (C=O) groups excluding carboxylic acids is 1. The summed E-state index contributed by atoms with van der Waals surface area (Å²) in [5, 5.41) is 14.6. The maximum absolute atomic E-state index is 12.8. The Morgan fingerprint density at radius 2 is 1.79 bits per heavy atom. The van der Waals surface area contributed by atoms with Crippen molar-refractivity contribution in [3.8, 4) is 0 Å². The van der Waals surface area contributed by atoms with Gasteiger partial charge in [0.15, 0.2) is 4.34 Å². The van der Waals surface area contributed by atoms with E-state index in [-0.39, 0.29) is 17.5 Å². The fourth-order valence-corrected chi connectivity index (χ4v) is 3.39. The highest BCUT2D eigenvalue weighted by atomic mass is 32.2. The minimum Gasteiger partial charge on any atom is -0.330 e. The second kappa shape index (κ2) is 7.89. The quantitative estimate of drug-likeness (QED) is 0.647. The van der Waals surface area contributed by atoms with Gasteiger partial charge in [0.1, 0.15) is 5.82 Å². The third-order valence-corrected chi connectivity index (χ3v) is 4.86. The van der Waals surface area contributed by atoms with Crippen molar-refractivity contribution in [1.29, 1.82) is 0 Å². The first kappa shape index (κ1) is 16.4. The second-order valence-electron chi connectivity index (χ2n) is 4.71. The topological polar surface area (TPSA) is 66.9 Å². The summed E-state index contributed by atoms with van der Waals surface area (Å²) >= 11 is 2.68. The zero-order valence-corrected chi connectivity index (χ0v) is 14.0. The number of benzene rings is 2. The van der Waals surface area contributed by atoms with Crippen molar-refractivity contribution in [3.63, 3.8) is 0 Å². The highest BCUT2D eigenvalue weighted by molar-refractivity contribution is 8.01. The van der Waals surface area contributed by atoms with E-state index in [2.05, 4.69) is 20.8 Å². The average molecular weight is 360 g/mol. The van der Waals surface area contributed by atoms with Crippen LogP contribution in [0.4, 0.5) is 20.9 Å². The first-order valence-electron chi connectivity index (χ1n) is 7.03. The summed E-state index contributed by atoms with van der Waals surface area (Å²) in [7, 11) is 0. The predicted octanol–water partition coefficient (Wildman–Crippen LogP) is 4.15. The number of nitrogens with one attached hydrogen (secondary N) is 2. The molecule has 1 aromatic heterocycles. The summed E-state index contributed by atoms with van der Waals surface area (Å²) in [5.41, 5.74) is 1.49. The number of halogens is 1. The molecular weight excluding hydrogens is 347 g/mol. The van der Waals surface area contributed by atoms with Gasteiger partial charge in [0.2, 0.25) is 11.0 Å². The Balaban J connectivity index is 1.50. The molecule has 2 N–H and O–H groups in total. The van der Waals surface area contributed by atoms with Crippen molar-refractivity contribution in [2.75, 3.05) is 16.4 Å². The molecule has 0 saturated carbocycles. The Hall–Kier alpha value is -2.45. The Morgan fingerprint density at radius 1 is 1.04 bits per heavy atom. The molecule has 1 heterocycles. The number of carbonyl (C=O) groups is 1. The summed E-state index contributed by atoms with van der Waals surface area (Å²) < 4.78 is 13.5. The van der Waals surface area contributed by atoms with Crippen molar-refractivity contribution in [3.05, 3.63) is 60.4 Å². The van der Waals surface area contributed by atoms with Crippen LogP contribution < -0.4 is 10.6 Å². The zero-order valence-electron chi connectivity index (χ0n) is 12.4. The molecule has 0 fully saturated rings. The molecule has 122 valence electrons. The van der Waals surface area contributed by atoms with E-state index in [4.69, 9.17) is 0 Å². The lowest BCUT2D eigenvalue weighted by molar-refractivity contribution is -0.113.